The van der Waals surface area contributed by atoms with Gasteiger partial charge in [0.25, 0.3) is 5.91 Å². The van der Waals surface area contributed by atoms with Gasteiger partial charge in [-0.05, 0) is 17.5 Å². The fourth-order valence-electron chi connectivity index (χ4n) is 2.61. The van der Waals surface area contributed by atoms with Crippen LogP contribution in [0.25, 0.3) is 0 Å². The number of carbonyl (C=O) groups excluding carboxylic acids is 2. The smallest absolute Gasteiger partial charge is 0.308 e. The molecule has 0 fully saturated rings. The number of esters is 1. The molecule has 4 heteroatoms. The number of carbonyl (C=O) groups is 2. The van der Waals surface area contributed by atoms with Crippen molar-refractivity contribution >= 4 is 11.9 Å². The maximum absolute atomic E-state index is 11.8. The van der Waals surface area contributed by atoms with Crippen molar-refractivity contribution in [3.63, 3.8) is 0 Å². The molecule has 0 heterocycles. The average Bonchev–Trinajstić information content (AvgIpc) is 2.64. The van der Waals surface area contributed by atoms with E-state index in [9.17, 15) is 9.59 Å². The maximum Gasteiger partial charge on any atom is 0.308 e. The standard InChI is InChI=1S/C21H25NO3/c1-16(2)21(24)25-15-20(23)22-14-13-19(17-9-5-3-6-10-17)18-11-7-4-8-12-18/h3-12,16,19H,13-15H2,1-2H3,(H,22,23). The van der Waals surface area contributed by atoms with Crippen molar-refractivity contribution in [1.82, 2.24) is 5.32 Å². The minimum absolute atomic E-state index is 0.209. The molecule has 1 N–H and O–H groups in total. The number of nitrogens with one attached hydrogen (secondary N) is 1. The Bertz CT molecular complexity index is 629. The number of hydrogen-bond donors (Lipinski definition) is 1. The van der Waals surface area contributed by atoms with Crippen LogP contribution in [0.1, 0.15) is 37.3 Å². The number of ether oxygens (including phenoxy) is 1. The molecule has 0 unspecified atom stereocenters. The van der Waals surface area contributed by atoms with Gasteiger partial charge in [-0.2, -0.15) is 0 Å². The summed E-state index contributed by atoms with van der Waals surface area (Å²) in [6.45, 7) is 3.78. The molecule has 0 atom stereocenters. The van der Waals surface area contributed by atoms with E-state index in [0.29, 0.717) is 6.54 Å². The fourth-order valence-corrected chi connectivity index (χ4v) is 2.61. The lowest BCUT2D eigenvalue weighted by atomic mass is 9.88. The predicted octanol–water partition coefficient (Wildman–Crippen LogP) is 3.52. The van der Waals surface area contributed by atoms with Crippen molar-refractivity contribution < 1.29 is 14.3 Å². The van der Waals surface area contributed by atoms with E-state index in [4.69, 9.17) is 4.74 Å². The lowest BCUT2D eigenvalue weighted by molar-refractivity contribution is -0.151. The van der Waals surface area contributed by atoms with Gasteiger partial charge in [0, 0.05) is 12.5 Å². The molecule has 0 saturated carbocycles. The maximum atomic E-state index is 11.8. The molecule has 0 saturated heterocycles. The average molecular weight is 339 g/mol. The molecule has 0 aliphatic carbocycles. The van der Waals surface area contributed by atoms with Gasteiger partial charge >= 0.3 is 5.97 Å². The third kappa shape index (κ3) is 6.07. The highest BCUT2D eigenvalue weighted by Gasteiger charge is 2.15. The zero-order valence-corrected chi connectivity index (χ0v) is 14.8. The molecule has 132 valence electrons. The van der Waals surface area contributed by atoms with E-state index in [2.05, 4.69) is 29.6 Å². The van der Waals surface area contributed by atoms with Crippen LogP contribution in [0, 0.1) is 5.92 Å². The van der Waals surface area contributed by atoms with Gasteiger partial charge in [-0.15, -0.1) is 0 Å². The van der Waals surface area contributed by atoms with Gasteiger partial charge in [-0.1, -0.05) is 74.5 Å². The van der Waals surface area contributed by atoms with Crippen LogP contribution in [0.5, 0.6) is 0 Å². The molecule has 2 aromatic carbocycles. The molecule has 1 amide bonds. The lowest BCUT2D eigenvalue weighted by Gasteiger charge is -2.18. The second kappa shape index (κ2) is 9.62. The molecule has 25 heavy (non-hydrogen) atoms. The highest BCUT2D eigenvalue weighted by atomic mass is 16.5. The molecular formula is C21H25NO3. The van der Waals surface area contributed by atoms with Crippen LogP contribution in [0.15, 0.2) is 60.7 Å². The van der Waals surface area contributed by atoms with Gasteiger partial charge in [-0.3, -0.25) is 9.59 Å². The van der Waals surface area contributed by atoms with Crippen molar-refractivity contribution in [2.45, 2.75) is 26.2 Å². The van der Waals surface area contributed by atoms with Crippen LogP contribution in [0.4, 0.5) is 0 Å². The summed E-state index contributed by atoms with van der Waals surface area (Å²) in [5, 5.41) is 2.83. The van der Waals surface area contributed by atoms with E-state index in [1.807, 2.05) is 36.4 Å². The minimum Gasteiger partial charge on any atom is -0.455 e. The van der Waals surface area contributed by atoms with Crippen LogP contribution in [-0.2, 0) is 14.3 Å². The van der Waals surface area contributed by atoms with Gasteiger partial charge in [0.1, 0.15) is 0 Å². The summed E-state index contributed by atoms with van der Waals surface area (Å²) in [6, 6.07) is 20.5. The summed E-state index contributed by atoms with van der Waals surface area (Å²) >= 11 is 0. The van der Waals surface area contributed by atoms with Crippen LogP contribution < -0.4 is 5.32 Å². The van der Waals surface area contributed by atoms with E-state index in [0.717, 1.165) is 6.42 Å². The first kappa shape index (κ1) is 18.7. The fraction of sp³-hybridized carbons (Fsp3) is 0.333. The Hall–Kier alpha value is -2.62. The van der Waals surface area contributed by atoms with Gasteiger partial charge < -0.3 is 10.1 Å². The van der Waals surface area contributed by atoms with Crippen LogP contribution in [-0.4, -0.2) is 25.0 Å². The van der Waals surface area contributed by atoms with E-state index >= 15 is 0 Å². The third-order valence-electron chi connectivity index (χ3n) is 3.98. The molecule has 0 aromatic heterocycles. The van der Waals surface area contributed by atoms with E-state index in [1.165, 1.54) is 11.1 Å². The monoisotopic (exact) mass is 339 g/mol. The van der Waals surface area contributed by atoms with E-state index in [1.54, 1.807) is 13.8 Å². The van der Waals surface area contributed by atoms with Crippen molar-refractivity contribution in [3.05, 3.63) is 71.8 Å². The highest BCUT2D eigenvalue weighted by molar-refractivity contribution is 5.80. The lowest BCUT2D eigenvalue weighted by Crippen LogP contribution is -2.31. The van der Waals surface area contributed by atoms with E-state index < -0.39 is 0 Å². The molecule has 2 rings (SSSR count). The zero-order chi connectivity index (χ0) is 18.1. The summed E-state index contributed by atoms with van der Waals surface area (Å²) in [6.07, 6.45) is 0.776. The van der Waals surface area contributed by atoms with Gasteiger partial charge in [0.05, 0.1) is 5.92 Å². The first-order chi connectivity index (χ1) is 12.1. The minimum atomic E-state index is -0.360. The molecule has 0 aliphatic rings. The van der Waals surface area contributed by atoms with Crippen LogP contribution in [0.2, 0.25) is 0 Å². The largest absolute Gasteiger partial charge is 0.455 e. The summed E-state index contributed by atoms with van der Waals surface area (Å²) in [4.78, 5) is 23.2. The molecular weight excluding hydrogens is 314 g/mol. The first-order valence-corrected chi connectivity index (χ1v) is 8.61. The molecule has 2 aromatic rings. The Balaban J connectivity index is 1.91. The van der Waals surface area contributed by atoms with Crippen molar-refractivity contribution in [2.24, 2.45) is 5.92 Å². The van der Waals surface area contributed by atoms with Crippen LogP contribution >= 0.6 is 0 Å². The number of amides is 1. The normalized spacial score (nSPS) is 10.7. The van der Waals surface area contributed by atoms with E-state index in [-0.39, 0.29) is 30.3 Å². The molecule has 0 bridgehead atoms. The number of benzene rings is 2. The van der Waals surface area contributed by atoms with Crippen LogP contribution in [0.3, 0.4) is 0 Å². The van der Waals surface area contributed by atoms with Crippen molar-refractivity contribution in [3.8, 4) is 0 Å². The zero-order valence-electron chi connectivity index (χ0n) is 14.8. The number of hydrogen-bond acceptors (Lipinski definition) is 3. The Labute approximate surface area is 149 Å². The summed E-state index contributed by atoms with van der Waals surface area (Å²) in [5.74, 6) is -0.648. The third-order valence-corrected chi connectivity index (χ3v) is 3.98. The van der Waals surface area contributed by atoms with Gasteiger partial charge in [-0.25, -0.2) is 0 Å². The predicted molar refractivity (Wildman–Crippen MR) is 98.2 cm³/mol. The Kier molecular flexibility index (Phi) is 7.20. The van der Waals surface area contributed by atoms with Crippen molar-refractivity contribution in [2.75, 3.05) is 13.2 Å². The number of rotatable bonds is 8. The highest BCUT2D eigenvalue weighted by Crippen LogP contribution is 2.27. The van der Waals surface area contributed by atoms with Gasteiger partial charge in [0.2, 0.25) is 0 Å². The Morgan fingerprint density at radius 3 is 1.92 bits per heavy atom. The molecule has 0 aliphatic heterocycles. The Morgan fingerprint density at radius 2 is 1.44 bits per heavy atom. The summed E-state index contributed by atoms with van der Waals surface area (Å²) in [7, 11) is 0. The summed E-state index contributed by atoms with van der Waals surface area (Å²) < 4.78 is 4.94. The topological polar surface area (TPSA) is 55.4 Å². The van der Waals surface area contributed by atoms with Gasteiger partial charge in [0.15, 0.2) is 6.61 Å². The molecule has 4 nitrogen and oxygen atoms in total. The SMILES string of the molecule is CC(C)C(=O)OCC(=O)NCCC(c1ccccc1)c1ccccc1. The van der Waals surface area contributed by atoms with Crippen molar-refractivity contribution in [1.29, 1.82) is 0 Å². The molecule has 0 spiro atoms. The summed E-state index contributed by atoms with van der Waals surface area (Å²) in [5.41, 5.74) is 2.43. The second-order valence-electron chi connectivity index (χ2n) is 6.27. The molecule has 0 radical (unpaired) electrons. The first-order valence-electron chi connectivity index (χ1n) is 8.61. The Morgan fingerprint density at radius 1 is 0.920 bits per heavy atom. The quantitative estimate of drug-likeness (QED) is 0.749. The second-order valence-corrected chi connectivity index (χ2v) is 6.27.